The molecule has 11 heteroatoms. The van der Waals surface area contributed by atoms with Gasteiger partial charge in [0.25, 0.3) is 0 Å². The van der Waals surface area contributed by atoms with Gasteiger partial charge in [-0.25, -0.2) is 10.2 Å². The highest BCUT2D eigenvalue weighted by molar-refractivity contribution is 6.38. The Morgan fingerprint density at radius 1 is 1.03 bits per heavy atom. The van der Waals surface area contributed by atoms with Crippen molar-refractivity contribution in [3.8, 4) is 0 Å². The van der Waals surface area contributed by atoms with Crippen LogP contribution >= 0.6 is 0 Å². The summed E-state index contributed by atoms with van der Waals surface area (Å²) in [5, 5.41) is 7.84. The number of ketones is 1. The van der Waals surface area contributed by atoms with Gasteiger partial charge in [0.15, 0.2) is 0 Å². The van der Waals surface area contributed by atoms with Gasteiger partial charge in [-0.05, 0) is 30.2 Å². The summed E-state index contributed by atoms with van der Waals surface area (Å²) in [5.41, 5.74) is 5.65. The molecule has 2 rings (SSSR count). The molecule has 11 nitrogen and oxygen atoms in total. The van der Waals surface area contributed by atoms with Crippen molar-refractivity contribution in [3.63, 3.8) is 0 Å². The van der Waals surface area contributed by atoms with Gasteiger partial charge in [0.2, 0.25) is 17.6 Å². The van der Waals surface area contributed by atoms with Crippen molar-refractivity contribution in [1.82, 2.24) is 26.8 Å². The van der Waals surface area contributed by atoms with Gasteiger partial charge in [-0.2, -0.15) is 0 Å². The number of ether oxygens (including phenoxy) is 1. The highest BCUT2D eigenvalue weighted by Crippen LogP contribution is 2.10. The average Bonchev–Trinajstić information content (AvgIpc) is 2.96. The van der Waals surface area contributed by atoms with Gasteiger partial charge in [-0.3, -0.25) is 24.6 Å². The van der Waals surface area contributed by atoms with Crippen molar-refractivity contribution >= 4 is 29.6 Å². The smallest absolute Gasteiger partial charge is 0.408 e. The Balaban J connectivity index is 2.02. The highest BCUT2D eigenvalue weighted by atomic mass is 16.5. The number of benzene rings is 1. The zero-order valence-electron chi connectivity index (χ0n) is 20.6. The molecule has 0 spiro atoms. The molecule has 0 aliphatic carbocycles. The molecule has 1 aromatic rings. The summed E-state index contributed by atoms with van der Waals surface area (Å²) in [7, 11) is 0. The van der Waals surface area contributed by atoms with Crippen molar-refractivity contribution in [2.45, 2.75) is 65.3 Å². The number of hydrazine groups is 1. The minimum atomic E-state index is -1.00. The number of carbonyl (C=O) groups excluding carboxylic acids is 5. The minimum absolute atomic E-state index is 0.0437. The molecule has 1 aliphatic heterocycles. The standard InChI is InChI=1S/C24H35N5O6/c1-14(2)12-18(21(31)26-17-10-11-25-29-23(33)20(17)30)27-22(32)19(15(3)4)28-24(34)35-13-16-8-6-5-7-9-16/h5-9,14-15,17-19,25H,10-13H2,1-4H3,(H,26,31)(H,27,32)(H,28,34)(H,29,33). The second-order valence-corrected chi connectivity index (χ2v) is 9.21. The fourth-order valence-electron chi connectivity index (χ4n) is 3.51. The number of rotatable bonds is 10. The molecule has 192 valence electrons. The van der Waals surface area contributed by atoms with Crippen LogP contribution in [-0.4, -0.2) is 54.3 Å². The van der Waals surface area contributed by atoms with Crippen LogP contribution in [0.25, 0.3) is 0 Å². The van der Waals surface area contributed by atoms with E-state index in [1.54, 1.807) is 13.8 Å². The quantitative estimate of drug-likeness (QED) is 0.301. The highest BCUT2D eigenvalue weighted by Gasteiger charge is 2.33. The summed E-state index contributed by atoms with van der Waals surface area (Å²) in [6, 6.07) is 6.22. The van der Waals surface area contributed by atoms with Crippen molar-refractivity contribution < 1.29 is 28.7 Å². The van der Waals surface area contributed by atoms with Crippen molar-refractivity contribution in [2.24, 2.45) is 11.8 Å². The van der Waals surface area contributed by atoms with Crippen LogP contribution in [0.4, 0.5) is 4.79 Å². The number of Topliss-reactive ketones (excluding diaryl/α,β-unsaturated/α-hetero) is 1. The van der Waals surface area contributed by atoms with Gasteiger partial charge in [-0.15, -0.1) is 0 Å². The van der Waals surface area contributed by atoms with Gasteiger partial charge in [-0.1, -0.05) is 58.0 Å². The Hall–Kier alpha value is -3.47. The van der Waals surface area contributed by atoms with Crippen LogP contribution in [0.15, 0.2) is 30.3 Å². The van der Waals surface area contributed by atoms with Crippen LogP contribution in [0.5, 0.6) is 0 Å². The molecule has 3 unspecified atom stereocenters. The fourth-order valence-corrected chi connectivity index (χ4v) is 3.51. The monoisotopic (exact) mass is 489 g/mol. The van der Waals surface area contributed by atoms with E-state index in [0.29, 0.717) is 13.0 Å². The number of nitrogens with one attached hydrogen (secondary N) is 5. The lowest BCUT2D eigenvalue weighted by Crippen LogP contribution is -2.57. The first-order chi connectivity index (χ1) is 16.6. The van der Waals surface area contributed by atoms with Crippen molar-refractivity contribution in [1.29, 1.82) is 0 Å². The molecule has 1 aromatic carbocycles. The molecule has 0 saturated carbocycles. The maximum absolute atomic E-state index is 13.1. The largest absolute Gasteiger partial charge is 0.445 e. The predicted molar refractivity (Wildman–Crippen MR) is 127 cm³/mol. The maximum Gasteiger partial charge on any atom is 0.408 e. The van der Waals surface area contributed by atoms with Crippen LogP contribution in [-0.2, 0) is 30.5 Å². The Bertz CT molecular complexity index is 905. The van der Waals surface area contributed by atoms with E-state index in [4.69, 9.17) is 4.74 Å². The van der Waals surface area contributed by atoms with Crippen molar-refractivity contribution in [3.05, 3.63) is 35.9 Å². The van der Waals surface area contributed by atoms with E-state index in [0.717, 1.165) is 5.56 Å². The summed E-state index contributed by atoms with van der Waals surface area (Å²) in [4.78, 5) is 62.3. The van der Waals surface area contributed by atoms with Crippen molar-refractivity contribution in [2.75, 3.05) is 6.54 Å². The molecular weight excluding hydrogens is 454 g/mol. The van der Waals surface area contributed by atoms with Crippen LogP contribution in [0.2, 0.25) is 0 Å². The first-order valence-corrected chi connectivity index (χ1v) is 11.7. The third-order valence-corrected chi connectivity index (χ3v) is 5.39. The lowest BCUT2D eigenvalue weighted by molar-refractivity contribution is -0.140. The Labute approximate surface area is 205 Å². The summed E-state index contributed by atoms with van der Waals surface area (Å²) < 4.78 is 5.22. The topological polar surface area (TPSA) is 155 Å². The van der Waals surface area contributed by atoms with Gasteiger partial charge < -0.3 is 20.7 Å². The first-order valence-electron chi connectivity index (χ1n) is 11.7. The van der Waals surface area contributed by atoms with E-state index < -0.39 is 47.7 Å². The van der Waals surface area contributed by atoms with E-state index in [1.165, 1.54) is 0 Å². The zero-order chi connectivity index (χ0) is 26.0. The van der Waals surface area contributed by atoms with Crippen LogP contribution in [0.1, 0.15) is 46.1 Å². The first kappa shape index (κ1) is 27.8. The zero-order valence-corrected chi connectivity index (χ0v) is 20.6. The third kappa shape index (κ3) is 9.01. The number of hydrogen-bond donors (Lipinski definition) is 5. The normalized spacial score (nSPS) is 17.7. The molecule has 5 N–H and O–H groups in total. The number of hydrogen-bond acceptors (Lipinski definition) is 7. The maximum atomic E-state index is 13.1. The molecule has 1 saturated heterocycles. The summed E-state index contributed by atoms with van der Waals surface area (Å²) in [5.74, 6) is -2.98. The lowest BCUT2D eigenvalue weighted by atomic mass is 9.99. The summed E-state index contributed by atoms with van der Waals surface area (Å²) in [6.45, 7) is 7.65. The lowest BCUT2D eigenvalue weighted by Gasteiger charge is -2.26. The Kier molecular flexibility index (Phi) is 10.7. The Morgan fingerprint density at radius 2 is 1.71 bits per heavy atom. The SMILES string of the molecule is CC(C)CC(NC(=O)C(NC(=O)OCc1ccccc1)C(C)C)C(=O)NC1CCNNC(=O)C1=O. The second kappa shape index (κ2) is 13.4. The van der Waals surface area contributed by atoms with Gasteiger partial charge in [0.05, 0.1) is 6.04 Å². The molecule has 1 aliphatic rings. The predicted octanol–water partition coefficient (Wildman–Crippen LogP) is 0.547. The molecular formula is C24H35N5O6. The van der Waals surface area contributed by atoms with Gasteiger partial charge in [0.1, 0.15) is 18.7 Å². The molecule has 1 heterocycles. The molecule has 1 fully saturated rings. The molecule has 0 bridgehead atoms. The number of carbonyl (C=O) groups is 5. The molecule has 3 atom stereocenters. The molecule has 0 radical (unpaired) electrons. The van der Waals surface area contributed by atoms with Crippen LogP contribution in [0, 0.1) is 11.8 Å². The Morgan fingerprint density at radius 3 is 2.34 bits per heavy atom. The van der Waals surface area contributed by atoms with E-state index >= 15 is 0 Å². The fraction of sp³-hybridized carbons (Fsp3) is 0.542. The average molecular weight is 490 g/mol. The van der Waals surface area contributed by atoms with Crippen LogP contribution < -0.4 is 26.8 Å². The second-order valence-electron chi connectivity index (χ2n) is 9.21. The minimum Gasteiger partial charge on any atom is -0.445 e. The van der Waals surface area contributed by atoms with E-state index in [9.17, 15) is 24.0 Å². The van der Waals surface area contributed by atoms with E-state index in [-0.39, 0.29) is 24.9 Å². The number of alkyl carbamates (subject to hydrolysis) is 1. The number of amides is 4. The summed E-state index contributed by atoms with van der Waals surface area (Å²) >= 11 is 0. The van der Waals surface area contributed by atoms with Gasteiger partial charge >= 0.3 is 12.0 Å². The summed E-state index contributed by atoms with van der Waals surface area (Å²) in [6.07, 6.45) is -0.239. The van der Waals surface area contributed by atoms with E-state index in [2.05, 4.69) is 26.8 Å². The molecule has 35 heavy (non-hydrogen) atoms. The molecule has 0 aromatic heterocycles. The van der Waals surface area contributed by atoms with Crippen LogP contribution in [0.3, 0.4) is 0 Å². The molecule has 4 amide bonds. The van der Waals surface area contributed by atoms with Gasteiger partial charge in [0, 0.05) is 6.54 Å². The third-order valence-electron chi connectivity index (χ3n) is 5.39. The van der Waals surface area contributed by atoms with E-state index in [1.807, 2.05) is 44.2 Å².